The number of nitrogens with one attached hydrogen (secondary N) is 1. The molecule has 0 amide bonds. The number of benzene rings is 1. The van der Waals surface area contributed by atoms with Crippen LogP contribution in [0.25, 0.3) is 5.69 Å². The van der Waals surface area contributed by atoms with Gasteiger partial charge in [-0.1, -0.05) is 6.42 Å². The maximum absolute atomic E-state index is 8.89. The van der Waals surface area contributed by atoms with Crippen molar-refractivity contribution in [2.24, 2.45) is 0 Å². The second-order valence-corrected chi connectivity index (χ2v) is 5.59. The molecule has 20 heavy (non-hydrogen) atoms. The zero-order valence-electron chi connectivity index (χ0n) is 11.3. The molecule has 2 aliphatic rings. The van der Waals surface area contributed by atoms with E-state index in [9.17, 15) is 0 Å². The molecule has 0 saturated heterocycles. The summed E-state index contributed by atoms with van der Waals surface area (Å²) in [5.41, 5.74) is 4.41. The van der Waals surface area contributed by atoms with E-state index in [4.69, 9.17) is 10.4 Å². The van der Waals surface area contributed by atoms with Gasteiger partial charge in [-0.05, 0) is 43.5 Å². The van der Waals surface area contributed by atoms with Crippen molar-refractivity contribution in [3.63, 3.8) is 0 Å². The van der Waals surface area contributed by atoms with Gasteiger partial charge in [-0.3, -0.25) is 0 Å². The molecular formula is C16H16N4. The highest BCUT2D eigenvalue weighted by atomic mass is 15.3. The Hall–Kier alpha value is -2.28. The third kappa shape index (κ3) is 1.63. The Morgan fingerprint density at radius 3 is 2.70 bits per heavy atom. The van der Waals surface area contributed by atoms with Gasteiger partial charge in [0.2, 0.25) is 0 Å². The first-order valence-corrected chi connectivity index (χ1v) is 7.23. The highest BCUT2D eigenvalue weighted by Gasteiger charge is 2.30. The summed E-state index contributed by atoms with van der Waals surface area (Å²) in [6.07, 6.45) is 4.96. The summed E-state index contributed by atoms with van der Waals surface area (Å²) in [5.74, 6) is 1.81. The number of hydrogen-bond acceptors (Lipinski definition) is 3. The van der Waals surface area contributed by atoms with Crippen molar-refractivity contribution in [2.45, 2.75) is 31.6 Å². The molecule has 2 aromatic rings. The Morgan fingerprint density at radius 2 is 2.05 bits per heavy atom. The Morgan fingerprint density at radius 1 is 1.25 bits per heavy atom. The number of nitriles is 1. The van der Waals surface area contributed by atoms with Crippen molar-refractivity contribution in [3.05, 3.63) is 41.1 Å². The van der Waals surface area contributed by atoms with Gasteiger partial charge in [0.15, 0.2) is 0 Å². The molecule has 4 rings (SSSR count). The van der Waals surface area contributed by atoms with Gasteiger partial charge in [-0.15, -0.1) is 0 Å². The summed E-state index contributed by atoms with van der Waals surface area (Å²) >= 11 is 0. The summed E-state index contributed by atoms with van der Waals surface area (Å²) in [6, 6.07) is 9.79. The van der Waals surface area contributed by atoms with E-state index in [0.29, 0.717) is 11.5 Å². The molecule has 1 N–H and O–H groups in total. The van der Waals surface area contributed by atoms with Gasteiger partial charge in [0, 0.05) is 18.0 Å². The fourth-order valence-electron chi connectivity index (χ4n) is 3.07. The molecule has 0 spiro atoms. The summed E-state index contributed by atoms with van der Waals surface area (Å²) in [7, 11) is 0. The predicted octanol–water partition coefficient (Wildman–Crippen LogP) is 2.98. The van der Waals surface area contributed by atoms with Gasteiger partial charge >= 0.3 is 0 Å². The molecule has 0 atom stereocenters. The first kappa shape index (κ1) is 11.5. The van der Waals surface area contributed by atoms with Gasteiger partial charge in [-0.2, -0.15) is 10.4 Å². The molecule has 4 nitrogen and oxygen atoms in total. The second-order valence-electron chi connectivity index (χ2n) is 5.59. The minimum absolute atomic E-state index is 0.656. The van der Waals surface area contributed by atoms with Crippen LogP contribution in [0.15, 0.2) is 24.3 Å². The first-order valence-electron chi connectivity index (χ1n) is 7.23. The SMILES string of the molecule is N#Cc1ccc(-n2nc(C3CCC3)c3c2NCC3)cc1. The van der Waals surface area contributed by atoms with E-state index in [-0.39, 0.29) is 0 Å². The molecule has 100 valence electrons. The Labute approximate surface area is 118 Å². The third-order valence-corrected chi connectivity index (χ3v) is 4.41. The number of anilines is 1. The van der Waals surface area contributed by atoms with E-state index in [0.717, 1.165) is 24.5 Å². The monoisotopic (exact) mass is 264 g/mol. The van der Waals surface area contributed by atoms with Crippen molar-refractivity contribution < 1.29 is 0 Å². The normalized spacial score (nSPS) is 17.1. The van der Waals surface area contributed by atoms with Crippen LogP contribution in [-0.2, 0) is 6.42 Å². The second kappa shape index (κ2) is 4.38. The van der Waals surface area contributed by atoms with Crippen LogP contribution in [0.5, 0.6) is 0 Å². The molecular weight excluding hydrogens is 248 g/mol. The molecule has 4 heteroatoms. The van der Waals surface area contributed by atoms with Gasteiger partial charge in [0.1, 0.15) is 5.82 Å². The van der Waals surface area contributed by atoms with Gasteiger partial charge in [0.25, 0.3) is 0 Å². The Kier molecular flexibility index (Phi) is 2.53. The lowest BCUT2D eigenvalue weighted by molar-refractivity contribution is 0.407. The topological polar surface area (TPSA) is 53.6 Å². The highest BCUT2D eigenvalue weighted by Crippen LogP contribution is 2.41. The predicted molar refractivity (Wildman–Crippen MR) is 77.1 cm³/mol. The summed E-state index contributed by atoms with van der Waals surface area (Å²) < 4.78 is 2.01. The van der Waals surface area contributed by atoms with Gasteiger partial charge in [-0.25, -0.2) is 4.68 Å². The molecule has 0 bridgehead atoms. The van der Waals surface area contributed by atoms with Crippen LogP contribution < -0.4 is 5.32 Å². The smallest absolute Gasteiger partial charge is 0.133 e. The average molecular weight is 264 g/mol. The molecule has 0 unspecified atom stereocenters. The average Bonchev–Trinajstić information content (AvgIpc) is 3.01. The summed E-state index contributed by atoms with van der Waals surface area (Å²) in [6.45, 7) is 1.00. The molecule has 1 aliphatic heterocycles. The van der Waals surface area contributed by atoms with Crippen LogP contribution in [0, 0.1) is 11.3 Å². The van der Waals surface area contributed by atoms with Gasteiger partial charge < -0.3 is 5.32 Å². The standard InChI is InChI=1S/C16H16N4/c17-10-11-4-6-13(7-5-11)20-16-14(8-9-18-16)15(19-20)12-2-1-3-12/h4-7,12,18H,1-3,8-9H2. The molecule has 1 aliphatic carbocycles. The van der Waals surface area contributed by atoms with Crippen LogP contribution in [-0.4, -0.2) is 16.3 Å². The van der Waals surface area contributed by atoms with Crippen LogP contribution in [0.3, 0.4) is 0 Å². The fourth-order valence-corrected chi connectivity index (χ4v) is 3.07. The van der Waals surface area contributed by atoms with Crippen LogP contribution in [0.1, 0.15) is 42.0 Å². The molecule has 1 aromatic carbocycles. The van der Waals surface area contributed by atoms with Crippen molar-refractivity contribution >= 4 is 5.82 Å². The maximum Gasteiger partial charge on any atom is 0.133 e. The largest absolute Gasteiger partial charge is 0.369 e. The fraction of sp³-hybridized carbons (Fsp3) is 0.375. The summed E-state index contributed by atoms with van der Waals surface area (Å²) in [4.78, 5) is 0. The molecule has 1 fully saturated rings. The number of aromatic nitrogens is 2. The van der Waals surface area contributed by atoms with Crippen LogP contribution in [0.2, 0.25) is 0 Å². The molecule has 1 aromatic heterocycles. The minimum atomic E-state index is 0.656. The first-order chi connectivity index (χ1) is 9.86. The number of fused-ring (bicyclic) bond motifs is 1. The highest BCUT2D eigenvalue weighted by molar-refractivity contribution is 5.58. The molecule has 1 saturated carbocycles. The summed E-state index contributed by atoms with van der Waals surface area (Å²) in [5, 5.41) is 17.2. The Bertz CT molecular complexity index is 687. The van der Waals surface area contributed by atoms with Crippen LogP contribution >= 0.6 is 0 Å². The van der Waals surface area contributed by atoms with E-state index in [1.807, 2.05) is 28.9 Å². The zero-order chi connectivity index (χ0) is 13.5. The molecule has 2 heterocycles. The van der Waals surface area contributed by atoms with Crippen molar-refractivity contribution in [1.82, 2.24) is 9.78 Å². The van der Waals surface area contributed by atoms with E-state index in [2.05, 4.69) is 11.4 Å². The van der Waals surface area contributed by atoms with E-state index < -0.39 is 0 Å². The lowest BCUT2D eigenvalue weighted by Gasteiger charge is -2.24. The van der Waals surface area contributed by atoms with Crippen molar-refractivity contribution in [1.29, 1.82) is 5.26 Å². The van der Waals surface area contributed by atoms with Crippen molar-refractivity contribution in [2.75, 3.05) is 11.9 Å². The zero-order valence-corrected chi connectivity index (χ0v) is 11.3. The quantitative estimate of drug-likeness (QED) is 0.907. The van der Waals surface area contributed by atoms with Crippen LogP contribution in [0.4, 0.5) is 5.82 Å². The van der Waals surface area contributed by atoms with Crippen molar-refractivity contribution in [3.8, 4) is 11.8 Å². The maximum atomic E-state index is 8.89. The van der Waals surface area contributed by atoms with E-state index in [1.165, 1.54) is 30.5 Å². The van der Waals surface area contributed by atoms with Gasteiger partial charge in [0.05, 0.1) is 23.0 Å². The third-order valence-electron chi connectivity index (χ3n) is 4.41. The Balaban J connectivity index is 1.79. The number of hydrogen-bond donors (Lipinski definition) is 1. The number of rotatable bonds is 2. The van der Waals surface area contributed by atoms with E-state index >= 15 is 0 Å². The van der Waals surface area contributed by atoms with E-state index in [1.54, 1.807) is 0 Å². The minimum Gasteiger partial charge on any atom is -0.369 e. The molecule has 0 radical (unpaired) electrons. The lowest BCUT2D eigenvalue weighted by Crippen LogP contribution is -2.12. The number of nitrogens with zero attached hydrogens (tertiary/aromatic N) is 3. The lowest BCUT2D eigenvalue weighted by atomic mass is 9.81.